The van der Waals surface area contributed by atoms with Gasteiger partial charge in [0.1, 0.15) is 5.54 Å². The Labute approximate surface area is 108 Å². The molecule has 94 valence electrons. The van der Waals surface area contributed by atoms with Gasteiger partial charge in [-0.3, -0.25) is 0 Å². The zero-order chi connectivity index (χ0) is 12.6. The van der Waals surface area contributed by atoms with E-state index in [2.05, 4.69) is 36.2 Å². The molecule has 0 amide bonds. The standard InChI is InChI=1S/C16H19NO/c1-12-10-13-6-4-5-9-16(13,17-11-18)15-8-3-2-7-14(12)15/h2-3,7-8,12-13H,4-6,9-10H2,1H3/t12-,13-,16+/m1/s1. The van der Waals surface area contributed by atoms with Crippen molar-refractivity contribution in [3.8, 4) is 0 Å². The molecule has 0 aliphatic heterocycles. The van der Waals surface area contributed by atoms with Crippen LogP contribution in [0.5, 0.6) is 0 Å². The van der Waals surface area contributed by atoms with E-state index >= 15 is 0 Å². The maximum atomic E-state index is 10.9. The number of hydrogen-bond acceptors (Lipinski definition) is 2. The normalized spacial score (nSPS) is 34.1. The fraction of sp³-hybridized carbons (Fsp3) is 0.562. The Morgan fingerprint density at radius 1 is 1.33 bits per heavy atom. The maximum absolute atomic E-state index is 10.9. The molecule has 0 aromatic heterocycles. The van der Waals surface area contributed by atoms with E-state index < -0.39 is 0 Å². The van der Waals surface area contributed by atoms with Crippen LogP contribution in [0, 0.1) is 5.92 Å². The van der Waals surface area contributed by atoms with Crippen LogP contribution in [0.4, 0.5) is 0 Å². The molecule has 3 atom stereocenters. The summed E-state index contributed by atoms with van der Waals surface area (Å²) in [7, 11) is 0. The van der Waals surface area contributed by atoms with Crippen molar-refractivity contribution in [1.29, 1.82) is 0 Å². The molecule has 0 saturated heterocycles. The average molecular weight is 241 g/mol. The fourth-order valence-corrected chi connectivity index (χ4v) is 4.06. The highest BCUT2D eigenvalue weighted by molar-refractivity contribution is 5.45. The van der Waals surface area contributed by atoms with Crippen LogP contribution in [-0.2, 0) is 10.3 Å². The smallest absolute Gasteiger partial charge is 0.211 e. The summed E-state index contributed by atoms with van der Waals surface area (Å²) in [5.74, 6) is 1.11. The lowest BCUT2D eigenvalue weighted by Crippen LogP contribution is -2.41. The minimum absolute atomic E-state index is 0.261. The first-order chi connectivity index (χ1) is 8.78. The summed E-state index contributed by atoms with van der Waals surface area (Å²) in [6, 6.07) is 8.54. The number of benzene rings is 1. The fourth-order valence-electron chi connectivity index (χ4n) is 4.06. The van der Waals surface area contributed by atoms with Crippen molar-refractivity contribution in [2.75, 3.05) is 0 Å². The van der Waals surface area contributed by atoms with Gasteiger partial charge in [-0.2, -0.15) is 4.99 Å². The Balaban J connectivity index is 2.20. The summed E-state index contributed by atoms with van der Waals surface area (Å²) < 4.78 is 0. The molecule has 18 heavy (non-hydrogen) atoms. The van der Waals surface area contributed by atoms with E-state index in [1.807, 2.05) is 6.08 Å². The number of aliphatic imine (C=N–C) groups is 1. The van der Waals surface area contributed by atoms with E-state index in [9.17, 15) is 4.79 Å². The Kier molecular flexibility index (Phi) is 2.83. The molecule has 2 aliphatic carbocycles. The lowest BCUT2D eigenvalue weighted by molar-refractivity contribution is 0.157. The highest BCUT2D eigenvalue weighted by Gasteiger charge is 2.47. The van der Waals surface area contributed by atoms with Gasteiger partial charge >= 0.3 is 0 Å². The molecule has 1 fully saturated rings. The monoisotopic (exact) mass is 241 g/mol. The SMILES string of the molecule is C[C@@H]1C[C@H]2CCCC[C@@]2(N=C=O)c2ccccc21. The van der Waals surface area contributed by atoms with Crippen LogP contribution < -0.4 is 0 Å². The second-order valence-electron chi connectivity index (χ2n) is 5.79. The van der Waals surface area contributed by atoms with Crippen molar-refractivity contribution >= 4 is 6.08 Å². The van der Waals surface area contributed by atoms with Crippen molar-refractivity contribution in [2.45, 2.75) is 50.5 Å². The lowest BCUT2D eigenvalue weighted by Gasteiger charge is -2.46. The van der Waals surface area contributed by atoms with Crippen molar-refractivity contribution in [3.05, 3.63) is 35.4 Å². The van der Waals surface area contributed by atoms with Crippen molar-refractivity contribution in [3.63, 3.8) is 0 Å². The predicted octanol–water partition coefficient (Wildman–Crippen LogP) is 3.92. The van der Waals surface area contributed by atoms with Gasteiger partial charge in [0.25, 0.3) is 0 Å². The molecule has 0 bridgehead atoms. The zero-order valence-corrected chi connectivity index (χ0v) is 10.9. The third-order valence-corrected chi connectivity index (χ3v) is 4.88. The Morgan fingerprint density at radius 2 is 2.17 bits per heavy atom. The average Bonchev–Trinajstić information content (AvgIpc) is 2.41. The quantitative estimate of drug-likeness (QED) is 0.541. The van der Waals surface area contributed by atoms with Gasteiger partial charge in [0, 0.05) is 0 Å². The largest absolute Gasteiger partial charge is 0.235 e. The number of rotatable bonds is 1. The Morgan fingerprint density at radius 3 is 3.00 bits per heavy atom. The molecule has 1 aromatic carbocycles. The van der Waals surface area contributed by atoms with Crippen molar-refractivity contribution in [1.82, 2.24) is 0 Å². The number of nitrogens with zero attached hydrogens (tertiary/aromatic N) is 1. The van der Waals surface area contributed by atoms with Gasteiger partial charge in [-0.1, -0.05) is 44.0 Å². The molecule has 2 heteroatoms. The zero-order valence-electron chi connectivity index (χ0n) is 10.9. The van der Waals surface area contributed by atoms with Crippen LogP contribution in [0.15, 0.2) is 29.3 Å². The summed E-state index contributed by atoms with van der Waals surface area (Å²) in [5.41, 5.74) is 2.41. The molecule has 0 unspecified atom stereocenters. The van der Waals surface area contributed by atoms with Crippen LogP contribution >= 0.6 is 0 Å². The highest BCUT2D eigenvalue weighted by Crippen LogP contribution is 2.53. The number of isocyanates is 1. The Hall–Kier alpha value is -1.40. The lowest BCUT2D eigenvalue weighted by atomic mass is 9.60. The van der Waals surface area contributed by atoms with Crippen LogP contribution in [0.1, 0.15) is 56.1 Å². The first kappa shape index (κ1) is 11.7. The minimum Gasteiger partial charge on any atom is -0.211 e. The molecule has 0 radical (unpaired) electrons. The summed E-state index contributed by atoms with van der Waals surface area (Å²) in [6.07, 6.45) is 7.67. The molecule has 2 nitrogen and oxygen atoms in total. The van der Waals surface area contributed by atoms with Crippen molar-refractivity contribution < 1.29 is 4.79 Å². The molecule has 1 saturated carbocycles. The van der Waals surface area contributed by atoms with Gasteiger partial charge in [0.15, 0.2) is 0 Å². The number of hydrogen-bond donors (Lipinski definition) is 0. The molecular weight excluding hydrogens is 222 g/mol. The van der Waals surface area contributed by atoms with E-state index in [0.717, 1.165) is 12.8 Å². The second kappa shape index (κ2) is 4.37. The van der Waals surface area contributed by atoms with Gasteiger partial charge in [0.2, 0.25) is 6.08 Å². The number of fused-ring (bicyclic) bond motifs is 3. The van der Waals surface area contributed by atoms with Gasteiger partial charge in [-0.05, 0) is 42.2 Å². The molecule has 3 rings (SSSR count). The Bertz CT molecular complexity index is 504. The summed E-state index contributed by atoms with van der Waals surface area (Å²) in [5, 5.41) is 0. The minimum atomic E-state index is -0.261. The number of carbonyl (C=O) groups excluding carboxylic acids is 1. The van der Waals surface area contributed by atoms with Crippen LogP contribution in [0.25, 0.3) is 0 Å². The molecule has 2 aliphatic rings. The second-order valence-corrected chi connectivity index (χ2v) is 5.79. The maximum Gasteiger partial charge on any atom is 0.235 e. The summed E-state index contributed by atoms with van der Waals surface area (Å²) >= 11 is 0. The molecular formula is C16H19NO. The van der Waals surface area contributed by atoms with Gasteiger partial charge in [-0.15, -0.1) is 0 Å². The molecule has 1 aromatic rings. The third-order valence-electron chi connectivity index (χ3n) is 4.88. The first-order valence-electron chi connectivity index (χ1n) is 6.96. The van der Waals surface area contributed by atoms with E-state index in [0.29, 0.717) is 11.8 Å². The van der Waals surface area contributed by atoms with E-state index in [1.54, 1.807) is 0 Å². The highest BCUT2D eigenvalue weighted by atomic mass is 16.1. The molecule has 0 heterocycles. The van der Waals surface area contributed by atoms with Gasteiger partial charge < -0.3 is 0 Å². The van der Waals surface area contributed by atoms with E-state index in [-0.39, 0.29) is 5.54 Å². The van der Waals surface area contributed by atoms with E-state index in [4.69, 9.17) is 0 Å². The third kappa shape index (κ3) is 1.56. The van der Waals surface area contributed by atoms with Crippen molar-refractivity contribution in [2.24, 2.45) is 10.9 Å². The summed E-state index contributed by atoms with van der Waals surface area (Å²) in [6.45, 7) is 2.29. The van der Waals surface area contributed by atoms with Crippen LogP contribution in [0.3, 0.4) is 0 Å². The molecule has 0 spiro atoms. The predicted molar refractivity (Wildman–Crippen MR) is 71.2 cm³/mol. The topological polar surface area (TPSA) is 29.4 Å². The van der Waals surface area contributed by atoms with Crippen LogP contribution in [0.2, 0.25) is 0 Å². The molecule has 0 N–H and O–H groups in total. The first-order valence-corrected chi connectivity index (χ1v) is 6.96. The van der Waals surface area contributed by atoms with Crippen LogP contribution in [-0.4, -0.2) is 6.08 Å². The summed E-state index contributed by atoms with van der Waals surface area (Å²) in [4.78, 5) is 15.2. The van der Waals surface area contributed by atoms with E-state index in [1.165, 1.54) is 30.4 Å². The van der Waals surface area contributed by atoms with Gasteiger partial charge in [-0.25, -0.2) is 4.79 Å². The van der Waals surface area contributed by atoms with Gasteiger partial charge in [0.05, 0.1) is 0 Å².